The van der Waals surface area contributed by atoms with Crippen molar-refractivity contribution in [3.05, 3.63) is 29.3 Å². The average Bonchev–Trinajstić information content (AvgIpc) is 2.37. The van der Waals surface area contributed by atoms with Crippen LogP contribution >= 0.6 is 11.6 Å². The molecule has 0 saturated carbocycles. The lowest BCUT2D eigenvalue weighted by Crippen LogP contribution is -2.50. The van der Waals surface area contributed by atoms with Crippen LogP contribution in [-0.2, 0) is 9.84 Å². The molecule has 0 bridgehead atoms. The Morgan fingerprint density at radius 2 is 2.05 bits per heavy atom. The average molecular weight is 303 g/mol. The van der Waals surface area contributed by atoms with E-state index in [-0.39, 0.29) is 5.75 Å². The summed E-state index contributed by atoms with van der Waals surface area (Å²) in [6.07, 6.45) is 0. The largest absolute Gasteiger partial charge is 0.312 e. The first-order valence-electron chi connectivity index (χ1n) is 6.41. The number of nitrogens with zero attached hydrogens (tertiary/aromatic N) is 1. The fourth-order valence-corrected chi connectivity index (χ4v) is 3.64. The maximum absolute atomic E-state index is 12.2. The third-order valence-corrected chi connectivity index (χ3v) is 5.26. The van der Waals surface area contributed by atoms with Gasteiger partial charge in [0.05, 0.1) is 10.6 Å². The molecule has 0 radical (unpaired) electrons. The van der Waals surface area contributed by atoms with Gasteiger partial charge in [-0.1, -0.05) is 11.6 Å². The molecule has 4 nitrogen and oxygen atoms in total. The first-order valence-corrected chi connectivity index (χ1v) is 8.44. The van der Waals surface area contributed by atoms with Gasteiger partial charge in [0.25, 0.3) is 0 Å². The van der Waals surface area contributed by atoms with Gasteiger partial charge in [-0.25, -0.2) is 8.42 Å². The number of rotatable bonds is 4. The smallest absolute Gasteiger partial charge is 0.179 e. The summed E-state index contributed by atoms with van der Waals surface area (Å²) >= 11 is 5.77. The Morgan fingerprint density at radius 3 is 2.68 bits per heavy atom. The summed E-state index contributed by atoms with van der Waals surface area (Å²) < 4.78 is 24.4. The number of piperazine rings is 1. The fourth-order valence-electron chi connectivity index (χ4n) is 2.22. The predicted molar refractivity (Wildman–Crippen MR) is 77.4 cm³/mol. The minimum Gasteiger partial charge on any atom is -0.312 e. The Balaban J connectivity index is 1.96. The van der Waals surface area contributed by atoms with Crippen LogP contribution in [0.2, 0.25) is 5.02 Å². The molecule has 1 fully saturated rings. The lowest BCUT2D eigenvalue weighted by atomic mass is 10.2. The van der Waals surface area contributed by atoms with Gasteiger partial charge in [0.1, 0.15) is 0 Å². The summed E-state index contributed by atoms with van der Waals surface area (Å²) in [6, 6.07) is 6.78. The third kappa shape index (κ3) is 4.18. The van der Waals surface area contributed by atoms with E-state index in [0.717, 1.165) is 19.6 Å². The van der Waals surface area contributed by atoms with E-state index in [9.17, 15) is 8.42 Å². The molecule has 0 aromatic heterocycles. The molecule has 1 heterocycles. The molecule has 1 atom stereocenters. The molecule has 19 heavy (non-hydrogen) atoms. The zero-order valence-electron chi connectivity index (χ0n) is 11.0. The van der Waals surface area contributed by atoms with E-state index in [1.807, 2.05) is 0 Å². The monoisotopic (exact) mass is 302 g/mol. The van der Waals surface area contributed by atoms with Crippen LogP contribution in [0.15, 0.2) is 29.2 Å². The normalized spacial score (nSPS) is 21.5. The Labute approximate surface area is 119 Å². The highest BCUT2D eigenvalue weighted by molar-refractivity contribution is 7.91. The van der Waals surface area contributed by atoms with Crippen molar-refractivity contribution in [1.29, 1.82) is 0 Å². The van der Waals surface area contributed by atoms with Crippen LogP contribution in [0.4, 0.5) is 0 Å². The molecule has 1 aliphatic heterocycles. The Hall–Kier alpha value is -0.620. The van der Waals surface area contributed by atoms with Crippen LogP contribution in [0.3, 0.4) is 0 Å². The van der Waals surface area contributed by atoms with E-state index in [1.165, 1.54) is 0 Å². The Morgan fingerprint density at radius 1 is 1.37 bits per heavy atom. The number of halogens is 1. The summed E-state index contributed by atoms with van der Waals surface area (Å²) in [6.45, 7) is 5.41. The lowest BCUT2D eigenvalue weighted by molar-refractivity contribution is 0.217. The lowest BCUT2D eigenvalue weighted by Gasteiger charge is -2.31. The fraction of sp³-hybridized carbons (Fsp3) is 0.538. The van der Waals surface area contributed by atoms with Crippen molar-refractivity contribution in [1.82, 2.24) is 10.2 Å². The van der Waals surface area contributed by atoms with Gasteiger partial charge in [-0.05, 0) is 31.2 Å². The molecule has 106 valence electrons. The van der Waals surface area contributed by atoms with Crippen LogP contribution in [0, 0.1) is 0 Å². The first-order chi connectivity index (χ1) is 8.97. The minimum absolute atomic E-state index is 0.154. The summed E-state index contributed by atoms with van der Waals surface area (Å²) in [5, 5.41) is 3.89. The van der Waals surface area contributed by atoms with E-state index in [4.69, 9.17) is 11.6 Å². The second kappa shape index (κ2) is 6.22. The molecule has 1 aliphatic rings. The molecular formula is C13H19ClN2O2S. The summed E-state index contributed by atoms with van der Waals surface area (Å²) in [4.78, 5) is 2.54. The van der Waals surface area contributed by atoms with Gasteiger partial charge in [0.15, 0.2) is 9.84 Å². The van der Waals surface area contributed by atoms with Crippen molar-refractivity contribution in [2.45, 2.75) is 17.9 Å². The van der Waals surface area contributed by atoms with E-state index in [0.29, 0.717) is 22.5 Å². The highest BCUT2D eigenvalue weighted by Crippen LogP contribution is 2.15. The molecule has 6 heteroatoms. The van der Waals surface area contributed by atoms with Crippen LogP contribution in [-0.4, -0.2) is 51.3 Å². The summed E-state index contributed by atoms with van der Waals surface area (Å²) in [7, 11) is -3.21. The number of benzene rings is 1. The number of nitrogens with one attached hydrogen (secondary N) is 1. The third-order valence-electron chi connectivity index (χ3n) is 3.30. The van der Waals surface area contributed by atoms with Gasteiger partial charge < -0.3 is 5.32 Å². The van der Waals surface area contributed by atoms with Gasteiger partial charge in [-0.3, -0.25) is 4.90 Å². The van der Waals surface area contributed by atoms with Crippen LogP contribution in [0.1, 0.15) is 6.92 Å². The first kappa shape index (κ1) is 14.8. The molecular weight excluding hydrogens is 284 g/mol. The standard InChI is InChI=1S/C13H19ClN2O2S/c1-11-10-16(7-6-15-11)8-9-19(17,18)13-4-2-12(14)3-5-13/h2-5,11,15H,6-10H2,1H3/t11-/m1/s1. The van der Waals surface area contributed by atoms with E-state index < -0.39 is 9.84 Å². The molecule has 2 rings (SSSR count). The molecule has 0 spiro atoms. The molecule has 0 unspecified atom stereocenters. The van der Waals surface area contributed by atoms with Crippen LogP contribution in [0.25, 0.3) is 0 Å². The van der Waals surface area contributed by atoms with Gasteiger partial charge >= 0.3 is 0 Å². The number of sulfone groups is 1. The topological polar surface area (TPSA) is 49.4 Å². The number of hydrogen-bond donors (Lipinski definition) is 1. The van der Waals surface area contributed by atoms with Gasteiger partial charge in [-0.15, -0.1) is 0 Å². The van der Waals surface area contributed by atoms with Crippen LogP contribution < -0.4 is 5.32 Å². The zero-order chi connectivity index (χ0) is 13.9. The molecule has 0 amide bonds. The van der Waals surface area contributed by atoms with Crippen molar-refractivity contribution in [3.8, 4) is 0 Å². The second-order valence-electron chi connectivity index (χ2n) is 4.93. The van der Waals surface area contributed by atoms with E-state index >= 15 is 0 Å². The van der Waals surface area contributed by atoms with Crippen LogP contribution in [0.5, 0.6) is 0 Å². The summed E-state index contributed by atoms with van der Waals surface area (Å²) in [5.74, 6) is 0.154. The van der Waals surface area contributed by atoms with Crippen molar-refractivity contribution in [3.63, 3.8) is 0 Å². The maximum Gasteiger partial charge on any atom is 0.179 e. The quantitative estimate of drug-likeness (QED) is 0.913. The van der Waals surface area contributed by atoms with Gasteiger partial charge in [0.2, 0.25) is 0 Å². The minimum atomic E-state index is -3.21. The second-order valence-corrected chi connectivity index (χ2v) is 7.47. The highest BCUT2D eigenvalue weighted by atomic mass is 35.5. The Bertz CT molecular complexity index is 516. The molecule has 1 N–H and O–H groups in total. The predicted octanol–water partition coefficient (Wildman–Crippen LogP) is 1.41. The molecule has 1 aromatic rings. The Kier molecular flexibility index (Phi) is 4.84. The number of hydrogen-bond acceptors (Lipinski definition) is 4. The highest BCUT2D eigenvalue weighted by Gasteiger charge is 2.19. The molecule has 1 saturated heterocycles. The maximum atomic E-state index is 12.2. The van der Waals surface area contributed by atoms with E-state index in [1.54, 1.807) is 24.3 Å². The van der Waals surface area contributed by atoms with Crippen molar-refractivity contribution >= 4 is 21.4 Å². The zero-order valence-corrected chi connectivity index (χ0v) is 12.5. The van der Waals surface area contributed by atoms with Crippen molar-refractivity contribution < 1.29 is 8.42 Å². The molecule has 0 aliphatic carbocycles. The molecule has 1 aromatic carbocycles. The van der Waals surface area contributed by atoms with Gasteiger partial charge in [-0.2, -0.15) is 0 Å². The SMILES string of the molecule is C[C@@H]1CN(CCS(=O)(=O)c2ccc(Cl)cc2)CCN1. The summed E-state index contributed by atoms with van der Waals surface area (Å²) in [5.41, 5.74) is 0. The van der Waals surface area contributed by atoms with E-state index in [2.05, 4.69) is 17.1 Å². The van der Waals surface area contributed by atoms with Gasteiger partial charge in [0, 0.05) is 37.2 Å². The van der Waals surface area contributed by atoms with Crippen molar-refractivity contribution in [2.24, 2.45) is 0 Å². The van der Waals surface area contributed by atoms with Crippen molar-refractivity contribution in [2.75, 3.05) is 31.9 Å².